The minimum atomic E-state index is -4.34. The van der Waals surface area contributed by atoms with Crippen molar-refractivity contribution < 1.29 is 13.2 Å². The Kier molecular flexibility index (Phi) is 5.39. The van der Waals surface area contributed by atoms with Crippen molar-refractivity contribution in [2.24, 2.45) is 0 Å². The highest BCUT2D eigenvalue weighted by molar-refractivity contribution is 5.88. The Morgan fingerprint density at radius 1 is 0.839 bits per heavy atom. The summed E-state index contributed by atoms with van der Waals surface area (Å²) in [5.74, 6) is 0.853. The predicted octanol–water partition coefficient (Wildman–Crippen LogP) is 7.11. The smallest absolute Gasteiger partial charge is 0.368 e. The molecule has 0 atom stereocenters. The van der Waals surface area contributed by atoms with Gasteiger partial charge in [0, 0.05) is 28.8 Å². The normalized spacial score (nSPS) is 11.8. The molecule has 0 aliphatic carbocycles. The lowest BCUT2D eigenvalue weighted by Crippen LogP contribution is -2.11. The number of hydrogen-bond donors (Lipinski definition) is 1. The minimum absolute atomic E-state index is 0.302. The average molecular weight is 421 g/mol. The molecule has 6 heteroatoms. The van der Waals surface area contributed by atoms with Crippen LogP contribution in [-0.4, -0.2) is 16.0 Å². The third-order valence-electron chi connectivity index (χ3n) is 5.06. The highest BCUT2D eigenvalue weighted by atomic mass is 19.4. The van der Waals surface area contributed by atoms with Gasteiger partial charge in [-0.15, -0.1) is 0 Å². The van der Waals surface area contributed by atoms with Crippen LogP contribution in [-0.2, 0) is 6.18 Å². The lowest BCUT2D eigenvalue weighted by atomic mass is 10.0. The van der Waals surface area contributed by atoms with Crippen LogP contribution in [0.1, 0.15) is 25.0 Å². The summed E-state index contributed by atoms with van der Waals surface area (Å²) in [4.78, 5) is 9.21. The van der Waals surface area contributed by atoms with Gasteiger partial charge in [-0.25, -0.2) is 4.98 Å². The molecule has 4 aromatic rings. The first-order valence-corrected chi connectivity index (χ1v) is 10.0. The fourth-order valence-electron chi connectivity index (χ4n) is 3.51. The lowest BCUT2D eigenvalue weighted by Gasteiger charge is -2.12. The van der Waals surface area contributed by atoms with Gasteiger partial charge in [-0.1, -0.05) is 24.3 Å². The van der Waals surface area contributed by atoms with Crippen molar-refractivity contribution in [3.8, 4) is 22.4 Å². The van der Waals surface area contributed by atoms with E-state index in [1.54, 1.807) is 6.20 Å². The van der Waals surface area contributed by atoms with Crippen LogP contribution in [0.3, 0.4) is 0 Å². The molecular weight excluding hydrogens is 399 g/mol. The van der Waals surface area contributed by atoms with Gasteiger partial charge in [-0.05, 0) is 68.3 Å². The van der Waals surface area contributed by atoms with E-state index < -0.39 is 11.7 Å². The topological polar surface area (TPSA) is 37.8 Å². The maximum absolute atomic E-state index is 12.8. The Balaban J connectivity index is 1.62. The zero-order valence-corrected chi connectivity index (χ0v) is 17.5. The molecule has 0 aliphatic heterocycles. The number of aromatic nitrogens is 2. The number of pyridine rings is 2. The molecule has 0 spiro atoms. The summed E-state index contributed by atoms with van der Waals surface area (Å²) in [5, 5.41) is 4.39. The van der Waals surface area contributed by atoms with Crippen molar-refractivity contribution in [1.29, 1.82) is 0 Å². The molecule has 31 heavy (non-hydrogen) atoms. The zero-order chi connectivity index (χ0) is 22.2. The third-order valence-corrected chi connectivity index (χ3v) is 5.06. The van der Waals surface area contributed by atoms with Crippen molar-refractivity contribution in [1.82, 2.24) is 9.97 Å². The van der Waals surface area contributed by atoms with E-state index in [0.29, 0.717) is 11.6 Å². The Labute approximate surface area is 179 Å². The van der Waals surface area contributed by atoms with Crippen molar-refractivity contribution in [2.45, 2.75) is 33.0 Å². The van der Waals surface area contributed by atoms with Crippen LogP contribution < -0.4 is 5.32 Å². The molecule has 0 fully saturated rings. The number of fused-ring (bicyclic) bond motifs is 1. The van der Waals surface area contributed by atoms with Gasteiger partial charge in [-0.3, -0.25) is 4.98 Å². The highest BCUT2D eigenvalue weighted by Gasteiger charge is 2.29. The summed E-state index contributed by atoms with van der Waals surface area (Å²) < 4.78 is 38.3. The first-order valence-electron chi connectivity index (χ1n) is 10.0. The predicted molar refractivity (Wildman–Crippen MR) is 119 cm³/mol. The Morgan fingerprint density at radius 2 is 1.52 bits per heavy atom. The maximum atomic E-state index is 12.8. The van der Waals surface area contributed by atoms with E-state index in [4.69, 9.17) is 0 Å². The number of hydrogen-bond acceptors (Lipinski definition) is 3. The number of rotatable bonds is 4. The van der Waals surface area contributed by atoms with Crippen LogP contribution >= 0.6 is 0 Å². The quantitative estimate of drug-likeness (QED) is 0.381. The van der Waals surface area contributed by atoms with Crippen molar-refractivity contribution in [2.75, 3.05) is 5.32 Å². The molecule has 0 saturated carbocycles. The molecule has 1 N–H and O–H groups in total. The van der Waals surface area contributed by atoms with E-state index in [9.17, 15) is 13.2 Å². The van der Waals surface area contributed by atoms with Gasteiger partial charge in [0.25, 0.3) is 0 Å². The summed E-state index contributed by atoms with van der Waals surface area (Å²) in [6.07, 6.45) is -2.65. The number of benzene rings is 2. The molecule has 4 rings (SSSR count). The first kappa shape index (κ1) is 20.8. The molecule has 0 unspecified atom stereocenters. The lowest BCUT2D eigenvalue weighted by molar-refractivity contribution is -0.137. The fraction of sp³-hybridized carbons (Fsp3) is 0.200. The number of anilines is 1. The van der Waals surface area contributed by atoms with E-state index in [0.717, 1.165) is 51.2 Å². The molecule has 0 amide bonds. The van der Waals surface area contributed by atoms with Crippen LogP contribution in [0.25, 0.3) is 33.3 Å². The van der Waals surface area contributed by atoms with Crippen LogP contribution in [0, 0.1) is 6.92 Å². The zero-order valence-electron chi connectivity index (χ0n) is 17.5. The molecule has 3 nitrogen and oxygen atoms in total. The van der Waals surface area contributed by atoms with E-state index in [1.165, 1.54) is 12.1 Å². The SMILES string of the molecule is Cc1cc(NC(C)C)nc2ccc(-c3ccc(-c4ccc(C(F)(F)F)cc4)cn3)cc12. The number of aryl methyl sites for hydroxylation is 1. The monoisotopic (exact) mass is 421 g/mol. The highest BCUT2D eigenvalue weighted by Crippen LogP contribution is 2.32. The number of alkyl halides is 3. The third kappa shape index (κ3) is 4.53. The summed E-state index contributed by atoms with van der Waals surface area (Å²) >= 11 is 0. The molecule has 0 aliphatic rings. The number of nitrogens with one attached hydrogen (secondary N) is 1. The molecule has 0 radical (unpaired) electrons. The summed E-state index contributed by atoms with van der Waals surface area (Å²) in [7, 11) is 0. The van der Waals surface area contributed by atoms with Gasteiger partial charge < -0.3 is 5.32 Å². The van der Waals surface area contributed by atoms with E-state index >= 15 is 0 Å². The molecule has 2 aromatic carbocycles. The van der Waals surface area contributed by atoms with E-state index in [1.807, 2.05) is 30.3 Å². The Hall–Kier alpha value is -3.41. The molecular formula is C25H22F3N3. The standard InChI is InChI=1S/C25H22F3N3/c1-15(2)30-24-12-16(3)21-13-18(6-11-23(21)31-24)22-10-7-19(14-29-22)17-4-8-20(9-5-17)25(26,27)28/h4-15H,1-3H3,(H,30,31). The van der Waals surface area contributed by atoms with Gasteiger partial charge >= 0.3 is 6.18 Å². The van der Waals surface area contributed by atoms with Gasteiger partial charge in [0.1, 0.15) is 5.82 Å². The van der Waals surface area contributed by atoms with Gasteiger partial charge in [-0.2, -0.15) is 13.2 Å². The molecule has 0 bridgehead atoms. The molecule has 158 valence electrons. The number of halogens is 3. The fourth-order valence-corrected chi connectivity index (χ4v) is 3.51. The van der Waals surface area contributed by atoms with Gasteiger partial charge in [0.05, 0.1) is 16.8 Å². The minimum Gasteiger partial charge on any atom is -0.368 e. The Bertz CT molecular complexity index is 1210. The second-order valence-corrected chi connectivity index (χ2v) is 7.86. The van der Waals surface area contributed by atoms with E-state index in [2.05, 4.69) is 42.1 Å². The second-order valence-electron chi connectivity index (χ2n) is 7.86. The van der Waals surface area contributed by atoms with Crippen molar-refractivity contribution in [3.63, 3.8) is 0 Å². The van der Waals surface area contributed by atoms with Crippen LogP contribution in [0.2, 0.25) is 0 Å². The largest absolute Gasteiger partial charge is 0.416 e. The van der Waals surface area contributed by atoms with Crippen LogP contribution in [0.5, 0.6) is 0 Å². The molecule has 2 heterocycles. The van der Waals surface area contributed by atoms with E-state index in [-0.39, 0.29) is 0 Å². The Morgan fingerprint density at radius 3 is 2.13 bits per heavy atom. The van der Waals surface area contributed by atoms with Crippen molar-refractivity contribution >= 4 is 16.7 Å². The summed E-state index contributed by atoms with van der Waals surface area (Å²) in [5.41, 5.74) is 4.58. The molecule has 0 saturated heterocycles. The van der Waals surface area contributed by atoms with Crippen LogP contribution in [0.4, 0.5) is 19.0 Å². The van der Waals surface area contributed by atoms with Gasteiger partial charge in [0.2, 0.25) is 0 Å². The maximum Gasteiger partial charge on any atom is 0.416 e. The number of nitrogens with zero attached hydrogens (tertiary/aromatic N) is 2. The molecule has 2 aromatic heterocycles. The average Bonchev–Trinajstić information content (AvgIpc) is 2.73. The first-order chi connectivity index (χ1) is 14.7. The second kappa shape index (κ2) is 8.02. The van der Waals surface area contributed by atoms with Gasteiger partial charge in [0.15, 0.2) is 0 Å². The summed E-state index contributed by atoms with van der Waals surface area (Å²) in [6, 6.07) is 17.2. The summed E-state index contributed by atoms with van der Waals surface area (Å²) in [6.45, 7) is 6.20. The van der Waals surface area contributed by atoms with Crippen LogP contribution in [0.15, 0.2) is 66.9 Å². The van der Waals surface area contributed by atoms with Crippen molar-refractivity contribution in [3.05, 3.63) is 78.0 Å².